The van der Waals surface area contributed by atoms with Crippen molar-refractivity contribution in [1.29, 1.82) is 0 Å². The normalized spacial score (nSPS) is 10.4. The van der Waals surface area contributed by atoms with Crippen LogP contribution in [0.3, 0.4) is 0 Å². The number of aromatic nitrogens is 3. The summed E-state index contributed by atoms with van der Waals surface area (Å²) in [7, 11) is 0. The number of anilines is 2. The van der Waals surface area contributed by atoms with E-state index >= 15 is 0 Å². The monoisotopic (exact) mass is 259 g/mol. The van der Waals surface area contributed by atoms with Gasteiger partial charge in [-0.2, -0.15) is 5.10 Å². The minimum absolute atomic E-state index is 0.216. The summed E-state index contributed by atoms with van der Waals surface area (Å²) < 4.78 is 1.69. The van der Waals surface area contributed by atoms with Gasteiger partial charge >= 0.3 is 0 Å². The van der Waals surface area contributed by atoms with Gasteiger partial charge in [-0.15, -0.1) is 0 Å². The van der Waals surface area contributed by atoms with Gasteiger partial charge in [-0.3, -0.25) is 9.48 Å². The number of hydrogen-bond donors (Lipinski definition) is 2. The van der Waals surface area contributed by atoms with Crippen LogP contribution in [0.25, 0.3) is 0 Å². The van der Waals surface area contributed by atoms with Crippen LogP contribution in [0.2, 0.25) is 0 Å². The molecule has 0 spiro atoms. The number of nitrogens with zero attached hydrogens (tertiary/aromatic N) is 3. The molecule has 100 valence electrons. The van der Waals surface area contributed by atoms with Crippen molar-refractivity contribution in [2.75, 3.05) is 11.1 Å². The molecular formula is C13H17N5O. The second kappa shape index (κ2) is 5.51. The van der Waals surface area contributed by atoms with Crippen molar-refractivity contribution in [3.05, 3.63) is 35.8 Å². The number of carbonyl (C=O) groups excluding carboxylic acids is 1. The fourth-order valence-electron chi connectivity index (χ4n) is 1.73. The number of hydrogen-bond acceptors (Lipinski definition) is 4. The summed E-state index contributed by atoms with van der Waals surface area (Å²) in [6.45, 7) is 4.61. The van der Waals surface area contributed by atoms with Gasteiger partial charge in [-0.05, 0) is 31.5 Å². The molecule has 6 nitrogen and oxygen atoms in total. The molecule has 3 N–H and O–H groups in total. The lowest BCUT2D eigenvalue weighted by atomic mass is 10.3. The number of nitrogens with one attached hydrogen (secondary N) is 1. The minimum atomic E-state index is -0.216. The summed E-state index contributed by atoms with van der Waals surface area (Å²) in [6, 6.07) is 5.16. The molecule has 0 aliphatic rings. The van der Waals surface area contributed by atoms with Gasteiger partial charge in [0.05, 0.1) is 17.6 Å². The minimum Gasteiger partial charge on any atom is -0.397 e. The highest BCUT2D eigenvalue weighted by atomic mass is 16.2. The van der Waals surface area contributed by atoms with E-state index in [1.54, 1.807) is 22.9 Å². The Bertz CT molecular complexity index is 573. The molecule has 0 bridgehead atoms. The molecule has 0 saturated heterocycles. The second-order valence-corrected chi connectivity index (χ2v) is 4.12. The van der Waals surface area contributed by atoms with Crippen molar-refractivity contribution in [2.24, 2.45) is 0 Å². The Kier molecular flexibility index (Phi) is 3.79. The number of carbonyl (C=O) groups is 1. The molecule has 6 heteroatoms. The van der Waals surface area contributed by atoms with Gasteiger partial charge in [0.25, 0.3) is 5.91 Å². The smallest absolute Gasteiger partial charge is 0.275 e. The largest absolute Gasteiger partial charge is 0.397 e. The molecule has 0 radical (unpaired) electrons. The Morgan fingerprint density at radius 1 is 1.42 bits per heavy atom. The van der Waals surface area contributed by atoms with Gasteiger partial charge in [0.15, 0.2) is 0 Å². The Balaban J connectivity index is 2.19. The molecule has 2 rings (SSSR count). The van der Waals surface area contributed by atoms with Gasteiger partial charge in [0.1, 0.15) is 11.5 Å². The third-order valence-corrected chi connectivity index (χ3v) is 2.75. The van der Waals surface area contributed by atoms with Gasteiger partial charge in [0.2, 0.25) is 0 Å². The van der Waals surface area contributed by atoms with Crippen LogP contribution in [-0.4, -0.2) is 20.7 Å². The summed E-state index contributed by atoms with van der Waals surface area (Å²) in [5, 5.41) is 7.07. The Labute approximate surface area is 111 Å². The van der Waals surface area contributed by atoms with Gasteiger partial charge in [0, 0.05) is 6.54 Å². The van der Waals surface area contributed by atoms with Crippen molar-refractivity contribution in [3.8, 4) is 0 Å². The molecule has 2 aromatic rings. The van der Waals surface area contributed by atoms with E-state index in [2.05, 4.69) is 15.4 Å². The number of rotatable bonds is 4. The molecule has 2 aromatic heterocycles. The first-order valence-corrected chi connectivity index (χ1v) is 6.23. The molecule has 1 amide bonds. The lowest BCUT2D eigenvalue weighted by Crippen LogP contribution is -2.17. The molecule has 19 heavy (non-hydrogen) atoms. The average Bonchev–Trinajstić information content (AvgIpc) is 2.85. The summed E-state index contributed by atoms with van der Waals surface area (Å²) in [5.41, 5.74) is 7.55. The van der Waals surface area contributed by atoms with Crippen LogP contribution >= 0.6 is 0 Å². The van der Waals surface area contributed by atoms with Gasteiger partial charge in [-0.25, -0.2) is 4.98 Å². The van der Waals surface area contributed by atoms with Crippen LogP contribution in [0, 0.1) is 0 Å². The van der Waals surface area contributed by atoms with Crippen molar-refractivity contribution >= 4 is 17.4 Å². The molecule has 0 aromatic carbocycles. The predicted octanol–water partition coefficient (Wildman–Crippen LogP) is 1.69. The van der Waals surface area contributed by atoms with E-state index in [1.165, 1.54) is 6.20 Å². The van der Waals surface area contributed by atoms with E-state index < -0.39 is 0 Å². The molecule has 0 aliphatic carbocycles. The molecule has 2 heterocycles. The molecule has 0 saturated carbocycles. The van der Waals surface area contributed by atoms with Crippen molar-refractivity contribution < 1.29 is 4.79 Å². The fourth-order valence-corrected chi connectivity index (χ4v) is 1.73. The quantitative estimate of drug-likeness (QED) is 0.875. The highest BCUT2D eigenvalue weighted by Gasteiger charge is 2.14. The number of aryl methyl sites for hydroxylation is 2. The first kappa shape index (κ1) is 13.1. The number of amides is 1. The maximum Gasteiger partial charge on any atom is 0.275 e. The van der Waals surface area contributed by atoms with Crippen LogP contribution in [0.5, 0.6) is 0 Å². The zero-order valence-corrected chi connectivity index (χ0v) is 11.1. The van der Waals surface area contributed by atoms with Crippen LogP contribution < -0.4 is 11.1 Å². The van der Waals surface area contributed by atoms with Crippen molar-refractivity contribution in [3.63, 3.8) is 0 Å². The Morgan fingerprint density at radius 2 is 2.21 bits per heavy atom. The Morgan fingerprint density at radius 3 is 2.79 bits per heavy atom. The Hall–Kier alpha value is -2.37. The fraction of sp³-hybridized carbons (Fsp3) is 0.308. The summed E-state index contributed by atoms with van der Waals surface area (Å²) in [4.78, 5) is 16.2. The predicted molar refractivity (Wildman–Crippen MR) is 73.9 cm³/mol. The van der Waals surface area contributed by atoms with Crippen molar-refractivity contribution in [2.45, 2.75) is 26.8 Å². The lowest BCUT2D eigenvalue weighted by molar-refractivity contribution is 0.101. The SMILES string of the molecule is CCc1cc(C(=O)Nc2ccc(N)cn2)n(CC)n1. The highest BCUT2D eigenvalue weighted by Crippen LogP contribution is 2.10. The maximum atomic E-state index is 12.2. The lowest BCUT2D eigenvalue weighted by Gasteiger charge is -2.05. The number of nitrogens with two attached hydrogens (primary N) is 1. The van der Waals surface area contributed by atoms with Gasteiger partial charge in [-0.1, -0.05) is 6.92 Å². The number of nitrogen functional groups attached to an aromatic ring is 1. The van der Waals surface area contributed by atoms with Crippen LogP contribution in [-0.2, 0) is 13.0 Å². The zero-order valence-electron chi connectivity index (χ0n) is 11.1. The first-order chi connectivity index (χ1) is 9.13. The molecule has 0 unspecified atom stereocenters. The van der Waals surface area contributed by atoms with E-state index in [0.717, 1.165) is 12.1 Å². The van der Waals surface area contributed by atoms with E-state index in [1.807, 2.05) is 13.8 Å². The summed E-state index contributed by atoms with van der Waals surface area (Å²) >= 11 is 0. The third-order valence-electron chi connectivity index (χ3n) is 2.75. The van der Waals surface area contributed by atoms with Crippen LogP contribution in [0.15, 0.2) is 24.4 Å². The van der Waals surface area contributed by atoms with E-state index in [9.17, 15) is 4.79 Å². The van der Waals surface area contributed by atoms with E-state index in [-0.39, 0.29) is 5.91 Å². The van der Waals surface area contributed by atoms with Gasteiger partial charge < -0.3 is 11.1 Å². The summed E-state index contributed by atoms with van der Waals surface area (Å²) in [6.07, 6.45) is 2.30. The maximum absolute atomic E-state index is 12.2. The van der Waals surface area contributed by atoms with E-state index in [0.29, 0.717) is 23.7 Å². The first-order valence-electron chi connectivity index (χ1n) is 6.23. The van der Waals surface area contributed by atoms with Crippen molar-refractivity contribution in [1.82, 2.24) is 14.8 Å². The second-order valence-electron chi connectivity index (χ2n) is 4.12. The molecular weight excluding hydrogens is 242 g/mol. The molecule has 0 atom stereocenters. The van der Waals surface area contributed by atoms with Crippen LogP contribution in [0.1, 0.15) is 30.0 Å². The third kappa shape index (κ3) is 2.90. The molecule has 0 aliphatic heterocycles. The van der Waals surface area contributed by atoms with E-state index in [4.69, 9.17) is 5.73 Å². The molecule has 0 fully saturated rings. The number of pyridine rings is 1. The summed E-state index contributed by atoms with van der Waals surface area (Å²) in [5.74, 6) is 0.257. The zero-order chi connectivity index (χ0) is 13.8. The topological polar surface area (TPSA) is 85.8 Å². The average molecular weight is 259 g/mol. The standard InChI is InChI=1S/C13H17N5O/c1-3-10-7-11(18(4-2)17-10)13(19)16-12-6-5-9(14)8-15-12/h5-8H,3-4,14H2,1-2H3,(H,15,16,19). The van der Waals surface area contributed by atoms with Crippen LogP contribution in [0.4, 0.5) is 11.5 Å². The highest BCUT2D eigenvalue weighted by molar-refractivity contribution is 6.02.